The fourth-order valence-electron chi connectivity index (χ4n) is 0.903. The zero-order valence-electron chi connectivity index (χ0n) is 8.28. The van der Waals surface area contributed by atoms with Gasteiger partial charge in [-0.2, -0.15) is 0 Å². The predicted molar refractivity (Wildman–Crippen MR) is 48.9 cm³/mol. The summed E-state index contributed by atoms with van der Waals surface area (Å²) in [7, 11) is 0. The summed E-state index contributed by atoms with van der Waals surface area (Å²) in [6.45, 7) is -0.787. The van der Waals surface area contributed by atoms with Crippen LogP contribution in [0.2, 0.25) is 0 Å². The quantitative estimate of drug-likeness (QED) is 0.214. The molecule has 0 radical (unpaired) electrons. The van der Waals surface area contributed by atoms with Gasteiger partial charge in [0.05, 0.1) is 6.61 Å². The van der Waals surface area contributed by atoms with Gasteiger partial charge in [-0.1, -0.05) is 0 Å². The molecule has 0 aliphatic carbocycles. The van der Waals surface area contributed by atoms with Crippen molar-refractivity contribution in [2.24, 2.45) is 5.73 Å². The van der Waals surface area contributed by atoms with Crippen LogP contribution in [0.25, 0.3) is 0 Å². The third-order valence-electron chi connectivity index (χ3n) is 1.75. The molecule has 0 aromatic heterocycles. The van der Waals surface area contributed by atoms with Crippen LogP contribution >= 0.6 is 0 Å². The molecule has 0 heterocycles. The molecule has 0 aliphatic heterocycles. The predicted octanol–water partition coefficient (Wildman–Crippen LogP) is -3.31. The molecule has 3 atom stereocenters. The Kier molecular flexibility index (Phi) is 6.23. The lowest BCUT2D eigenvalue weighted by atomic mass is 10.1. The number of ether oxygens (including phenoxy) is 1. The molecule has 0 bridgehead atoms. The standard InChI is InChI=1S/C8H13NO7/c9-7(14)8(15)16-5(1-2-10)6(13)4(12)3-11/h2,4-6,11-13H,1,3H2,(H2,9,14)/t4-,5-,6-/m1/s1. The summed E-state index contributed by atoms with van der Waals surface area (Å²) in [5.41, 5.74) is 4.59. The Labute approximate surface area is 90.6 Å². The number of hydrogen-bond acceptors (Lipinski definition) is 7. The number of primary amides is 1. The van der Waals surface area contributed by atoms with Gasteiger partial charge in [0, 0.05) is 6.42 Å². The van der Waals surface area contributed by atoms with Crippen LogP contribution in [0.5, 0.6) is 0 Å². The first-order valence-corrected chi connectivity index (χ1v) is 4.35. The van der Waals surface area contributed by atoms with Gasteiger partial charge in [0.2, 0.25) is 0 Å². The van der Waals surface area contributed by atoms with Crippen molar-refractivity contribution in [2.45, 2.75) is 24.7 Å². The van der Waals surface area contributed by atoms with Crippen LogP contribution in [0.15, 0.2) is 0 Å². The first kappa shape index (κ1) is 14.5. The van der Waals surface area contributed by atoms with Crippen molar-refractivity contribution < 1.29 is 34.4 Å². The van der Waals surface area contributed by atoms with Gasteiger partial charge < -0.3 is 30.6 Å². The monoisotopic (exact) mass is 235 g/mol. The van der Waals surface area contributed by atoms with E-state index < -0.39 is 43.2 Å². The largest absolute Gasteiger partial charge is 0.452 e. The minimum atomic E-state index is -1.68. The van der Waals surface area contributed by atoms with E-state index in [2.05, 4.69) is 10.5 Å². The molecule has 0 aromatic carbocycles. The maximum Gasteiger partial charge on any atom is 0.396 e. The molecule has 0 rings (SSSR count). The van der Waals surface area contributed by atoms with E-state index in [0.717, 1.165) is 0 Å². The van der Waals surface area contributed by atoms with E-state index in [1.54, 1.807) is 0 Å². The molecule has 0 fully saturated rings. The fraction of sp³-hybridized carbons (Fsp3) is 0.625. The molecule has 8 heteroatoms. The van der Waals surface area contributed by atoms with Crippen LogP contribution in [0.4, 0.5) is 0 Å². The smallest absolute Gasteiger partial charge is 0.396 e. The highest BCUT2D eigenvalue weighted by Crippen LogP contribution is 2.08. The third kappa shape index (κ3) is 4.34. The van der Waals surface area contributed by atoms with E-state index in [1.165, 1.54) is 0 Å². The Balaban J connectivity index is 4.53. The molecule has 5 N–H and O–H groups in total. The highest BCUT2D eigenvalue weighted by Gasteiger charge is 2.30. The van der Waals surface area contributed by atoms with Gasteiger partial charge in [-0.15, -0.1) is 0 Å². The van der Waals surface area contributed by atoms with Crippen LogP contribution < -0.4 is 5.73 Å². The molecule has 1 amide bonds. The Bertz CT molecular complexity index is 267. The molecule has 0 spiro atoms. The maximum absolute atomic E-state index is 10.8. The van der Waals surface area contributed by atoms with Gasteiger partial charge in [-0.05, 0) is 0 Å². The van der Waals surface area contributed by atoms with Crippen molar-refractivity contribution in [3.8, 4) is 0 Å². The SMILES string of the molecule is NC(=O)C(=O)O[C@H](CC=O)[C@H](O)[C@H](O)CO. The fourth-order valence-corrected chi connectivity index (χ4v) is 0.903. The van der Waals surface area contributed by atoms with Crippen molar-refractivity contribution in [3.05, 3.63) is 0 Å². The maximum atomic E-state index is 10.8. The number of aldehydes is 1. The number of carbonyl (C=O) groups is 3. The zero-order valence-corrected chi connectivity index (χ0v) is 8.28. The molecular formula is C8H13NO7. The van der Waals surface area contributed by atoms with Crippen LogP contribution in [0, 0.1) is 0 Å². The number of aliphatic hydroxyl groups is 3. The van der Waals surface area contributed by atoms with E-state index in [4.69, 9.17) is 10.2 Å². The normalized spacial score (nSPS) is 15.9. The Morgan fingerprint density at radius 1 is 1.38 bits per heavy atom. The minimum absolute atomic E-state index is 0.326. The van der Waals surface area contributed by atoms with Crippen molar-refractivity contribution in [3.63, 3.8) is 0 Å². The Hall–Kier alpha value is -1.51. The number of amides is 1. The molecule has 0 saturated carbocycles. The average Bonchev–Trinajstić information content (AvgIpc) is 2.26. The van der Waals surface area contributed by atoms with Crippen LogP contribution in [0.3, 0.4) is 0 Å². The number of rotatable bonds is 6. The molecule has 0 unspecified atom stereocenters. The lowest BCUT2D eigenvalue weighted by molar-refractivity contribution is -0.167. The lowest BCUT2D eigenvalue weighted by Gasteiger charge is -2.23. The van der Waals surface area contributed by atoms with Crippen LogP contribution in [-0.2, 0) is 19.1 Å². The summed E-state index contributed by atoms with van der Waals surface area (Å²) in [4.78, 5) is 31.4. The lowest BCUT2D eigenvalue weighted by Crippen LogP contribution is -2.44. The summed E-state index contributed by atoms with van der Waals surface area (Å²) >= 11 is 0. The van der Waals surface area contributed by atoms with Gasteiger partial charge in [-0.25, -0.2) is 4.79 Å². The third-order valence-corrected chi connectivity index (χ3v) is 1.75. The number of carbonyl (C=O) groups excluding carboxylic acids is 3. The highest BCUT2D eigenvalue weighted by molar-refractivity contribution is 6.31. The van der Waals surface area contributed by atoms with Gasteiger partial charge in [0.25, 0.3) is 0 Å². The van der Waals surface area contributed by atoms with Crippen molar-refractivity contribution in [1.29, 1.82) is 0 Å². The molecule has 16 heavy (non-hydrogen) atoms. The molecule has 0 aromatic rings. The summed E-state index contributed by atoms with van der Waals surface area (Å²) in [5.74, 6) is -2.82. The summed E-state index contributed by atoms with van der Waals surface area (Å²) in [6, 6.07) is 0. The molecule has 92 valence electrons. The summed E-state index contributed by atoms with van der Waals surface area (Å²) < 4.78 is 4.37. The van der Waals surface area contributed by atoms with Gasteiger partial charge in [-0.3, -0.25) is 4.79 Å². The van der Waals surface area contributed by atoms with Crippen molar-refractivity contribution >= 4 is 18.2 Å². The molecule has 0 saturated heterocycles. The average molecular weight is 235 g/mol. The second-order valence-corrected chi connectivity index (χ2v) is 2.95. The second-order valence-electron chi connectivity index (χ2n) is 2.95. The zero-order chi connectivity index (χ0) is 12.7. The van der Waals surface area contributed by atoms with E-state index >= 15 is 0 Å². The van der Waals surface area contributed by atoms with Gasteiger partial charge >= 0.3 is 11.9 Å². The minimum Gasteiger partial charge on any atom is -0.452 e. The number of aliphatic hydroxyl groups excluding tert-OH is 3. The first-order chi connectivity index (χ1) is 7.43. The van der Waals surface area contributed by atoms with Crippen molar-refractivity contribution in [2.75, 3.05) is 6.61 Å². The summed E-state index contributed by atoms with van der Waals surface area (Å²) in [5, 5.41) is 26.9. The number of nitrogens with two attached hydrogens (primary N) is 1. The second kappa shape index (κ2) is 6.88. The highest BCUT2D eigenvalue weighted by atomic mass is 16.6. The molecular weight excluding hydrogens is 222 g/mol. The van der Waals surface area contributed by atoms with E-state index in [9.17, 15) is 19.5 Å². The van der Waals surface area contributed by atoms with Crippen LogP contribution in [-0.4, -0.2) is 58.4 Å². The molecule has 8 nitrogen and oxygen atoms in total. The Morgan fingerprint density at radius 3 is 2.31 bits per heavy atom. The van der Waals surface area contributed by atoms with E-state index in [0.29, 0.717) is 6.29 Å². The van der Waals surface area contributed by atoms with Crippen molar-refractivity contribution in [1.82, 2.24) is 0 Å². The topological polar surface area (TPSA) is 147 Å². The van der Waals surface area contributed by atoms with Gasteiger partial charge in [0.15, 0.2) is 0 Å². The molecule has 0 aliphatic rings. The Morgan fingerprint density at radius 2 is 1.94 bits per heavy atom. The number of esters is 1. The summed E-state index contributed by atoms with van der Waals surface area (Å²) in [6.07, 6.45) is -4.81. The number of hydrogen-bond donors (Lipinski definition) is 4. The van der Waals surface area contributed by atoms with Gasteiger partial charge in [0.1, 0.15) is 24.6 Å². The first-order valence-electron chi connectivity index (χ1n) is 4.35. The van der Waals surface area contributed by atoms with E-state index in [-0.39, 0.29) is 0 Å². The van der Waals surface area contributed by atoms with E-state index in [1.807, 2.05) is 0 Å². The van der Waals surface area contributed by atoms with Crippen LogP contribution in [0.1, 0.15) is 6.42 Å².